The van der Waals surface area contributed by atoms with Gasteiger partial charge in [0.15, 0.2) is 19.7 Å². The number of carbonyl (C=O) groups is 1. The van der Waals surface area contributed by atoms with Gasteiger partial charge in [-0.1, -0.05) is 0 Å². The van der Waals surface area contributed by atoms with E-state index in [4.69, 9.17) is 4.74 Å². The van der Waals surface area contributed by atoms with Crippen LogP contribution in [-0.4, -0.2) is 58.8 Å². The van der Waals surface area contributed by atoms with Gasteiger partial charge in [-0.15, -0.1) is 0 Å². The van der Waals surface area contributed by atoms with Crippen LogP contribution in [0.3, 0.4) is 0 Å². The normalized spacial score (nSPS) is 25.8. The number of ether oxygens (including phenoxy) is 1. The fourth-order valence-corrected chi connectivity index (χ4v) is 7.47. The van der Waals surface area contributed by atoms with Crippen LogP contribution in [0, 0.1) is 0 Å². The molecule has 0 saturated carbocycles. The van der Waals surface area contributed by atoms with Gasteiger partial charge in [0, 0.05) is 18.7 Å². The van der Waals surface area contributed by atoms with Crippen LogP contribution in [0.4, 0.5) is 0 Å². The van der Waals surface area contributed by atoms with Crippen molar-refractivity contribution >= 4 is 25.6 Å². The number of benzene rings is 1. The first-order valence-corrected chi connectivity index (χ1v) is 11.6. The number of sulfone groups is 2. The van der Waals surface area contributed by atoms with Crippen molar-refractivity contribution in [3.63, 3.8) is 0 Å². The molecule has 9 heteroatoms. The minimum Gasteiger partial charge on any atom is -0.376 e. The Bertz CT molecular complexity index is 839. The molecule has 2 atom stereocenters. The predicted molar refractivity (Wildman–Crippen MR) is 92.0 cm³/mol. The third kappa shape index (κ3) is 4.21. The quantitative estimate of drug-likeness (QED) is 0.791. The maximum absolute atomic E-state index is 12.5. The molecular formula is C16H21NO6S2. The summed E-state index contributed by atoms with van der Waals surface area (Å²) < 4.78 is 53.5. The molecule has 2 aliphatic heterocycles. The van der Waals surface area contributed by atoms with E-state index in [0.29, 0.717) is 18.7 Å². The van der Waals surface area contributed by atoms with Crippen molar-refractivity contribution in [2.45, 2.75) is 35.5 Å². The molecule has 2 aliphatic rings. The Kier molecular flexibility index (Phi) is 5.17. The largest absolute Gasteiger partial charge is 0.376 e. The predicted octanol–water partition coefficient (Wildman–Crippen LogP) is 0.556. The average Bonchev–Trinajstić information content (AvgIpc) is 3.22. The topological polar surface area (TPSA) is 107 Å². The summed E-state index contributed by atoms with van der Waals surface area (Å²) in [4.78, 5) is 12.2. The van der Waals surface area contributed by atoms with Crippen molar-refractivity contribution in [2.24, 2.45) is 0 Å². The zero-order valence-corrected chi connectivity index (χ0v) is 15.3. The van der Waals surface area contributed by atoms with Crippen molar-refractivity contribution in [3.05, 3.63) is 29.8 Å². The van der Waals surface area contributed by atoms with Crippen molar-refractivity contribution in [2.75, 3.05) is 24.7 Å². The highest BCUT2D eigenvalue weighted by Gasteiger charge is 2.38. The molecule has 0 unspecified atom stereocenters. The van der Waals surface area contributed by atoms with Crippen molar-refractivity contribution < 1.29 is 26.4 Å². The van der Waals surface area contributed by atoms with Crippen molar-refractivity contribution in [1.82, 2.24) is 5.32 Å². The van der Waals surface area contributed by atoms with E-state index in [1.807, 2.05) is 0 Å². The smallest absolute Gasteiger partial charge is 0.251 e. The molecule has 0 bridgehead atoms. The third-order valence-electron chi connectivity index (χ3n) is 4.59. The second-order valence-electron chi connectivity index (χ2n) is 6.44. The maximum atomic E-state index is 12.5. The fourth-order valence-electron chi connectivity index (χ4n) is 3.11. The molecule has 1 N–H and O–H groups in total. The average molecular weight is 387 g/mol. The van der Waals surface area contributed by atoms with Crippen LogP contribution >= 0.6 is 0 Å². The van der Waals surface area contributed by atoms with Crippen LogP contribution in [0.15, 0.2) is 29.2 Å². The second-order valence-corrected chi connectivity index (χ2v) is 10.9. The van der Waals surface area contributed by atoms with Crippen molar-refractivity contribution in [3.8, 4) is 0 Å². The molecule has 0 radical (unpaired) electrons. The highest BCUT2D eigenvalue weighted by Crippen LogP contribution is 2.25. The summed E-state index contributed by atoms with van der Waals surface area (Å²) in [6.07, 6.45) is 2.06. The number of rotatable bonds is 5. The molecule has 138 valence electrons. The van der Waals surface area contributed by atoms with E-state index in [2.05, 4.69) is 5.32 Å². The molecule has 2 fully saturated rings. The van der Waals surface area contributed by atoms with Crippen LogP contribution in [0.25, 0.3) is 0 Å². The van der Waals surface area contributed by atoms with E-state index >= 15 is 0 Å². The molecule has 3 rings (SSSR count). The van der Waals surface area contributed by atoms with E-state index < -0.39 is 24.9 Å². The van der Waals surface area contributed by atoms with Gasteiger partial charge in [0.25, 0.3) is 5.91 Å². The van der Waals surface area contributed by atoms with Gasteiger partial charge >= 0.3 is 0 Å². The van der Waals surface area contributed by atoms with Gasteiger partial charge in [-0.3, -0.25) is 4.79 Å². The number of amides is 1. The summed E-state index contributed by atoms with van der Waals surface area (Å²) in [5.41, 5.74) is 0.357. The first-order chi connectivity index (χ1) is 11.8. The minimum absolute atomic E-state index is 0.0351. The monoisotopic (exact) mass is 387 g/mol. The Hall–Kier alpha value is -1.45. The van der Waals surface area contributed by atoms with Crippen LogP contribution in [0.1, 0.15) is 29.6 Å². The SMILES string of the molecule is O=C(NC[C@H]1CCCO1)c1ccc(S(=O)(=O)[C@H]2CCS(=O)(=O)C2)cc1. The van der Waals surface area contributed by atoms with E-state index in [1.165, 1.54) is 24.3 Å². The highest BCUT2D eigenvalue weighted by atomic mass is 32.2. The lowest BCUT2D eigenvalue weighted by molar-refractivity contribution is 0.0857. The molecule has 2 saturated heterocycles. The highest BCUT2D eigenvalue weighted by molar-refractivity contribution is 7.96. The zero-order chi connectivity index (χ0) is 18.1. The first kappa shape index (κ1) is 18.3. The molecule has 2 heterocycles. The molecule has 0 aromatic heterocycles. The molecule has 1 aromatic carbocycles. The molecule has 0 aliphatic carbocycles. The van der Waals surface area contributed by atoms with E-state index in [9.17, 15) is 21.6 Å². The second kappa shape index (κ2) is 7.05. The molecule has 25 heavy (non-hydrogen) atoms. The minimum atomic E-state index is -3.71. The van der Waals surface area contributed by atoms with Gasteiger partial charge in [-0.25, -0.2) is 16.8 Å². The van der Waals surface area contributed by atoms with Gasteiger partial charge in [-0.05, 0) is 43.5 Å². The van der Waals surface area contributed by atoms with Crippen LogP contribution in [-0.2, 0) is 24.4 Å². The van der Waals surface area contributed by atoms with Gasteiger partial charge < -0.3 is 10.1 Å². The maximum Gasteiger partial charge on any atom is 0.251 e. The van der Waals surface area contributed by atoms with Crippen LogP contribution < -0.4 is 5.32 Å². The zero-order valence-electron chi connectivity index (χ0n) is 13.7. The molecule has 0 spiro atoms. The number of hydrogen-bond acceptors (Lipinski definition) is 6. The third-order valence-corrected chi connectivity index (χ3v) is 8.78. The van der Waals surface area contributed by atoms with E-state index in [1.54, 1.807) is 0 Å². The number of hydrogen-bond donors (Lipinski definition) is 1. The molecular weight excluding hydrogens is 366 g/mol. The van der Waals surface area contributed by atoms with Gasteiger partial charge in [0.05, 0.1) is 27.8 Å². The van der Waals surface area contributed by atoms with E-state index in [-0.39, 0.29) is 34.8 Å². The van der Waals surface area contributed by atoms with E-state index in [0.717, 1.165) is 12.8 Å². The lowest BCUT2D eigenvalue weighted by Gasteiger charge is -2.12. The Morgan fingerprint density at radius 2 is 1.92 bits per heavy atom. The van der Waals surface area contributed by atoms with Gasteiger partial charge in [-0.2, -0.15) is 0 Å². The molecule has 1 amide bonds. The standard InChI is InChI=1S/C16H21NO6S2/c18-16(17-10-13-2-1-8-23-13)12-3-5-14(6-4-12)25(21,22)15-7-9-24(19,20)11-15/h3-6,13,15H,1-2,7-11H2,(H,17,18)/t13-,15+/m1/s1. The summed E-state index contributed by atoms with van der Waals surface area (Å²) >= 11 is 0. The van der Waals surface area contributed by atoms with Gasteiger partial charge in [0.2, 0.25) is 0 Å². The summed E-state index contributed by atoms with van der Waals surface area (Å²) in [6.45, 7) is 1.14. The number of carbonyl (C=O) groups excluding carboxylic acids is 1. The van der Waals surface area contributed by atoms with Gasteiger partial charge in [0.1, 0.15) is 0 Å². The first-order valence-electron chi connectivity index (χ1n) is 8.22. The Balaban J connectivity index is 1.66. The molecule has 7 nitrogen and oxygen atoms in total. The van der Waals surface area contributed by atoms with Crippen molar-refractivity contribution in [1.29, 1.82) is 0 Å². The summed E-state index contributed by atoms with van der Waals surface area (Å²) in [6, 6.07) is 5.62. The van der Waals surface area contributed by atoms with Crippen LogP contribution in [0.2, 0.25) is 0 Å². The Morgan fingerprint density at radius 1 is 1.20 bits per heavy atom. The summed E-state index contributed by atoms with van der Waals surface area (Å²) in [5.74, 6) is -0.720. The lowest BCUT2D eigenvalue weighted by atomic mass is 10.2. The number of nitrogens with one attached hydrogen (secondary N) is 1. The van der Waals surface area contributed by atoms with Crippen LogP contribution in [0.5, 0.6) is 0 Å². The Morgan fingerprint density at radius 3 is 2.48 bits per heavy atom. The summed E-state index contributed by atoms with van der Waals surface area (Å²) in [5, 5.41) is 1.87. The Labute approximate surface area is 147 Å². The molecule has 1 aromatic rings. The lowest BCUT2D eigenvalue weighted by Crippen LogP contribution is -2.31. The fraction of sp³-hybridized carbons (Fsp3) is 0.562. The summed E-state index contributed by atoms with van der Waals surface area (Å²) in [7, 11) is -6.99.